The summed E-state index contributed by atoms with van der Waals surface area (Å²) in [6, 6.07) is 2.29. The van der Waals surface area contributed by atoms with Gasteiger partial charge in [0.15, 0.2) is 0 Å². The van der Waals surface area contributed by atoms with Crippen LogP contribution in [-0.2, 0) is 29.1 Å². The van der Waals surface area contributed by atoms with E-state index in [4.69, 9.17) is 9.47 Å². The molecule has 0 aromatic heterocycles. The summed E-state index contributed by atoms with van der Waals surface area (Å²) in [6.45, 7) is 4.74. The number of piperidine rings is 1. The standard InChI is InChI=1S/C21H30F2N2O6S/c1-4-31-12-11-24(14-15(2)21(27)30-3)20(26)16-7-9-25(10-8-16)32(28,29)19-13-17(22)5-6-18(19)23/h5-6,13,15-16H,4,7-12,14H2,1-3H3/t15-/m1/s1. The highest BCUT2D eigenvalue weighted by Crippen LogP contribution is 2.27. The van der Waals surface area contributed by atoms with E-state index in [1.807, 2.05) is 6.92 Å². The first-order chi connectivity index (χ1) is 15.1. The number of methoxy groups -OCH3 is 1. The highest BCUT2D eigenvalue weighted by Gasteiger charge is 2.35. The zero-order valence-electron chi connectivity index (χ0n) is 18.6. The van der Waals surface area contributed by atoms with Crippen LogP contribution in [-0.4, -0.2) is 76.0 Å². The fourth-order valence-corrected chi connectivity index (χ4v) is 5.18. The smallest absolute Gasteiger partial charge is 0.310 e. The molecular formula is C21H30F2N2O6S. The predicted octanol–water partition coefficient (Wildman–Crippen LogP) is 2.04. The second-order valence-electron chi connectivity index (χ2n) is 7.66. The molecule has 8 nitrogen and oxygen atoms in total. The number of ether oxygens (including phenoxy) is 2. The predicted molar refractivity (Wildman–Crippen MR) is 112 cm³/mol. The van der Waals surface area contributed by atoms with Crippen molar-refractivity contribution in [3.8, 4) is 0 Å². The minimum absolute atomic E-state index is 0.000544. The third-order valence-electron chi connectivity index (χ3n) is 5.43. The van der Waals surface area contributed by atoms with E-state index in [9.17, 15) is 26.8 Å². The van der Waals surface area contributed by atoms with Crippen LogP contribution in [0.2, 0.25) is 0 Å². The van der Waals surface area contributed by atoms with E-state index in [2.05, 4.69) is 0 Å². The molecule has 1 fully saturated rings. The van der Waals surface area contributed by atoms with Crippen molar-refractivity contribution in [3.05, 3.63) is 29.8 Å². The summed E-state index contributed by atoms with van der Waals surface area (Å²) in [5, 5.41) is 0. The van der Waals surface area contributed by atoms with Crippen LogP contribution in [0, 0.1) is 23.5 Å². The normalized spacial score (nSPS) is 16.5. The van der Waals surface area contributed by atoms with Crippen molar-refractivity contribution >= 4 is 21.9 Å². The van der Waals surface area contributed by atoms with Crippen molar-refractivity contribution in [2.24, 2.45) is 11.8 Å². The van der Waals surface area contributed by atoms with Gasteiger partial charge >= 0.3 is 5.97 Å². The Balaban J connectivity index is 2.07. The molecule has 32 heavy (non-hydrogen) atoms. The van der Waals surface area contributed by atoms with Crippen LogP contribution in [0.4, 0.5) is 8.78 Å². The summed E-state index contributed by atoms with van der Waals surface area (Å²) in [5.41, 5.74) is 0. The molecule has 0 aliphatic carbocycles. The molecule has 1 amide bonds. The molecule has 1 atom stereocenters. The lowest BCUT2D eigenvalue weighted by Crippen LogP contribution is -2.47. The lowest BCUT2D eigenvalue weighted by molar-refractivity contribution is -0.147. The van der Waals surface area contributed by atoms with Crippen LogP contribution in [0.3, 0.4) is 0 Å². The highest BCUT2D eigenvalue weighted by atomic mass is 32.2. The molecule has 1 saturated heterocycles. The molecule has 0 bridgehead atoms. The lowest BCUT2D eigenvalue weighted by Gasteiger charge is -2.34. The van der Waals surface area contributed by atoms with E-state index in [1.54, 1.807) is 6.92 Å². The van der Waals surface area contributed by atoms with Gasteiger partial charge in [-0.05, 0) is 38.0 Å². The highest BCUT2D eigenvalue weighted by molar-refractivity contribution is 7.89. The number of sulfonamides is 1. The largest absolute Gasteiger partial charge is 0.469 e. The summed E-state index contributed by atoms with van der Waals surface area (Å²) in [6.07, 6.45) is 0.458. The fourth-order valence-electron chi connectivity index (χ4n) is 3.63. The van der Waals surface area contributed by atoms with Gasteiger partial charge in [0.25, 0.3) is 0 Å². The summed E-state index contributed by atoms with van der Waals surface area (Å²) in [7, 11) is -2.94. The maximum absolute atomic E-state index is 14.0. The van der Waals surface area contributed by atoms with Crippen LogP contribution in [0.1, 0.15) is 26.7 Å². The van der Waals surface area contributed by atoms with Crippen LogP contribution >= 0.6 is 0 Å². The van der Waals surface area contributed by atoms with Gasteiger partial charge in [0, 0.05) is 38.7 Å². The van der Waals surface area contributed by atoms with Gasteiger partial charge in [-0.1, -0.05) is 6.92 Å². The Bertz CT molecular complexity index is 904. The number of hydrogen-bond donors (Lipinski definition) is 0. The molecule has 2 rings (SSSR count). The Morgan fingerprint density at radius 3 is 2.50 bits per heavy atom. The summed E-state index contributed by atoms with van der Waals surface area (Å²) in [5.74, 6) is -3.48. The van der Waals surface area contributed by atoms with Crippen molar-refractivity contribution in [1.82, 2.24) is 9.21 Å². The summed E-state index contributed by atoms with van der Waals surface area (Å²) in [4.78, 5) is 25.7. The van der Waals surface area contributed by atoms with Gasteiger partial charge in [-0.2, -0.15) is 4.31 Å². The Kier molecular flexibility index (Phi) is 9.53. The Labute approximate surface area is 187 Å². The molecule has 1 aromatic carbocycles. The monoisotopic (exact) mass is 476 g/mol. The molecule has 1 aliphatic rings. The van der Waals surface area contributed by atoms with Gasteiger partial charge in [-0.25, -0.2) is 17.2 Å². The third-order valence-corrected chi connectivity index (χ3v) is 7.35. The zero-order chi connectivity index (χ0) is 23.9. The molecular weight excluding hydrogens is 446 g/mol. The van der Waals surface area contributed by atoms with E-state index >= 15 is 0 Å². The number of benzene rings is 1. The molecule has 1 aromatic rings. The first-order valence-electron chi connectivity index (χ1n) is 10.5. The maximum atomic E-state index is 14.0. The number of rotatable bonds is 10. The Morgan fingerprint density at radius 2 is 1.91 bits per heavy atom. The number of carbonyl (C=O) groups is 2. The molecule has 0 saturated carbocycles. The number of halogens is 2. The average Bonchev–Trinajstić information content (AvgIpc) is 2.78. The van der Waals surface area contributed by atoms with Gasteiger partial charge < -0.3 is 14.4 Å². The van der Waals surface area contributed by atoms with Crippen molar-refractivity contribution in [2.45, 2.75) is 31.6 Å². The van der Waals surface area contributed by atoms with Crippen LogP contribution in [0.25, 0.3) is 0 Å². The maximum Gasteiger partial charge on any atom is 0.310 e. The first kappa shape index (κ1) is 26.1. The number of esters is 1. The van der Waals surface area contributed by atoms with Crippen molar-refractivity contribution in [2.75, 3.05) is 46.5 Å². The lowest BCUT2D eigenvalue weighted by atomic mass is 9.96. The van der Waals surface area contributed by atoms with Gasteiger partial charge in [-0.15, -0.1) is 0 Å². The Hall–Kier alpha value is -2.11. The van der Waals surface area contributed by atoms with Gasteiger partial charge in [0.1, 0.15) is 16.5 Å². The second kappa shape index (κ2) is 11.7. The SMILES string of the molecule is CCOCCN(C[C@@H](C)C(=O)OC)C(=O)C1CCN(S(=O)(=O)c2cc(F)ccc2F)CC1. The topological polar surface area (TPSA) is 93.2 Å². The molecule has 1 aliphatic heterocycles. The molecule has 11 heteroatoms. The molecule has 1 heterocycles. The van der Waals surface area contributed by atoms with Crippen molar-refractivity contribution in [1.29, 1.82) is 0 Å². The van der Waals surface area contributed by atoms with E-state index in [-0.39, 0.29) is 38.4 Å². The number of hydrogen-bond acceptors (Lipinski definition) is 6. The zero-order valence-corrected chi connectivity index (χ0v) is 19.4. The van der Waals surface area contributed by atoms with Gasteiger partial charge in [0.2, 0.25) is 15.9 Å². The Morgan fingerprint density at radius 1 is 1.25 bits per heavy atom. The fraction of sp³-hybridized carbons (Fsp3) is 0.619. The minimum Gasteiger partial charge on any atom is -0.469 e. The summed E-state index contributed by atoms with van der Waals surface area (Å²) >= 11 is 0. The number of carbonyl (C=O) groups excluding carboxylic acids is 2. The third kappa shape index (κ3) is 6.46. The number of amides is 1. The minimum atomic E-state index is -4.22. The molecule has 0 spiro atoms. The van der Waals surface area contributed by atoms with Gasteiger partial charge in [-0.3, -0.25) is 9.59 Å². The first-order valence-corrected chi connectivity index (χ1v) is 11.9. The van der Waals surface area contributed by atoms with Crippen LogP contribution < -0.4 is 0 Å². The molecule has 0 unspecified atom stereocenters. The number of nitrogens with zero attached hydrogens (tertiary/aromatic N) is 2. The van der Waals surface area contributed by atoms with Gasteiger partial charge in [0.05, 0.1) is 19.6 Å². The second-order valence-corrected chi connectivity index (χ2v) is 9.56. The average molecular weight is 477 g/mol. The van der Waals surface area contributed by atoms with Crippen molar-refractivity contribution < 1.29 is 36.3 Å². The molecule has 0 N–H and O–H groups in total. The van der Waals surface area contributed by atoms with Crippen molar-refractivity contribution in [3.63, 3.8) is 0 Å². The van der Waals surface area contributed by atoms with E-state index in [0.717, 1.165) is 16.4 Å². The van der Waals surface area contributed by atoms with E-state index < -0.39 is 44.4 Å². The van der Waals surface area contributed by atoms with E-state index in [0.29, 0.717) is 25.8 Å². The van der Waals surface area contributed by atoms with Crippen LogP contribution in [0.15, 0.2) is 23.1 Å². The van der Waals surface area contributed by atoms with E-state index in [1.165, 1.54) is 12.0 Å². The summed E-state index contributed by atoms with van der Waals surface area (Å²) < 4.78 is 64.1. The quantitative estimate of drug-likeness (QED) is 0.379. The molecule has 180 valence electrons. The molecule has 0 radical (unpaired) electrons. The van der Waals surface area contributed by atoms with Crippen LogP contribution in [0.5, 0.6) is 0 Å².